The van der Waals surface area contributed by atoms with Crippen LogP contribution < -0.4 is 5.32 Å². The highest BCUT2D eigenvalue weighted by Gasteiger charge is 2.28. The highest BCUT2D eigenvalue weighted by Crippen LogP contribution is 2.43. The van der Waals surface area contributed by atoms with E-state index in [-0.39, 0.29) is 19.1 Å². The maximum Gasteiger partial charge on any atom is 0.472 e. The lowest BCUT2D eigenvalue weighted by Crippen LogP contribution is -2.46. The molecule has 0 aliphatic rings. The van der Waals surface area contributed by atoms with E-state index >= 15 is 0 Å². The molecule has 0 aliphatic heterocycles. The number of nitrogens with one attached hydrogen (secondary N) is 1. The Kier molecular flexibility index (Phi) is 55.4. The summed E-state index contributed by atoms with van der Waals surface area (Å²) in [5.74, 6) is -0.138. The minimum atomic E-state index is -4.32. The fourth-order valence-corrected chi connectivity index (χ4v) is 10.9. The Balaban J connectivity index is 4.05. The Labute approximate surface area is 456 Å². The molecule has 3 unspecified atom stereocenters. The average molecular weight is 1050 g/mol. The standard InChI is InChI=1S/C64H129N2O6P/c1-6-8-10-12-14-16-18-20-22-24-26-28-30-31-32-33-34-36-37-39-41-43-45-47-49-51-53-55-57-63(67)62(61-72-73(69,70)71-60-59-66(3,4)5)65-64(68)58-56-54-52-50-48-46-44-42-40-38-35-29-27-25-23-21-19-17-15-13-11-9-7-2/h25,27,62-63,67H,6-24,26,28-61H2,1-5H3,(H-,65,68,69,70)/p+1/b27-25-. The molecule has 3 N–H and O–H groups in total. The Hall–Kier alpha value is -0.760. The van der Waals surface area contributed by atoms with Gasteiger partial charge in [-0.25, -0.2) is 4.57 Å². The van der Waals surface area contributed by atoms with Crippen molar-refractivity contribution in [3.05, 3.63) is 12.2 Å². The summed E-state index contributed by atoms with van der Waals surface area (Å²) in [6.07, 6.45) is 70.1. The molecule has 0 radical (unpaired) electrons. The number of hydrogen-bond acceptors (Lipinski definition) is 5. The van der Waals surface area contributed by atoms with Gasteiger partial charge in [-0.15, -0.1) is 0 Å². The van der Waals surface area contributed by atoms with Crippen molar-refractivity contribution in [1.82, 2.24) is 5.32 Å². The first-order valence-corrected chi connectivity index (χ1v) is 34.0. The predicted octanol–water partition coefficient (Wildman–Crippen LogP) is 20.2. The molecule has 0 bridgehead atoms. The lowest BCUT2D eigenvalue weighted by molar-refractivity contribution is -0.870. The van der Waals surface area contributed by atoms with Gasteiger partial charge in [0.25, 0.3) is 0 Å². The molecule has 0 saturated carbocycles. The van der Waals surface area contributed by atoms with E-state index in [1.807, 2.05) is 21.1 Å². The summed E-state index contributed by atoms with van der Waals surface area (Å²) in [6.45, 7) is 4.95. The second-order valence-corrected chi connectivity index (χ2v) is 25.3. The third-order valence-electron chi connectivity index (χ3n) is 15.3. The van der Waals surface area contributed by atoms with Gasteiger partial charge < -0.3 is 19.8 Å². The van der Waals surface area contributed by atoms with Crippen LogP contribution in [0.1, 0.15) is 341 Å². The van der Waals surface area contributed by atoms with Crippen molar-refractivity contribution < 1.29 is 32.9 Å². The number of allylic oxidation sites excluding steroid dienone is 2. The second-order valence-electron chi connectivity index (χ2n) is 23.9. The number of carbonyl (C=O) groups excluding carboxylic acids is 1. The van der Waals surface area contributed by atoms with Crippen LogP contribution in [0, 0.1) is 0 Å². The van der Waals surface area contributed by atoms with Gasteiger partial charge in [0.2, 0.25) is 5.91 Å². The molecular weight excluding hydrogens is 924 g/mol. The van der Waals surface area contributed by atoms with Crippen molar-refractivity contribution in [2.75, 3.05) is 40.9 Å². The zero-order chi connectivity index (χ0) is 53.5. The molecule has 9 heteroatoms. The number of unbranched alkanes of at least 4 members (excludes halogenated alkanes) is 46. The van der Waals surface area contributed by atoms with E-state index in [2.05, 4.69) is 31.3 Å². The number of quaternary nitrogens is 1. The maximum atomic E-state index is 13.0. The smallest absolute Gasteiger partial charge is 0.391 e. The predicted molar refractivity (Wildman–Crippen MR) is 319 cm³/mol. The normalized spacial score (nSPS) is 13.8. The number of rotatable bonds is 61. The van der Waals surface area contributed by atoms with Gasteiger partial charge in [0.15, 0.2) is 0 Å². The number of aliphatic hydroxyl groups excluding tert-OH is 1. The van der Waals surface area contributed by atoms with Gasteiger partial charge in [0.1, 0.15) is 13.2 Å². The summed E-state index contributed by atoms with van der Waals surface area (Å²) in [5.41, 5.74) is 0. The summed E-state index contributed by atoms with van der Waals surface area (Å²) >= 11 is 0. The van der Waals surface area contributed by atoms with Crippen molar-refractivity contribution in [2.24, 2.45) is 0 Å². The van der Waals surface area contributed by atoms with Gasteiger partial charge in [-0.05, 0) is 38.5 Å². The summed E-state index contributed by atoms with van der Waals surface area (Å²) in [4.78, 5) is 23.4. The number of nitrogens with zero attached hydrogens (tertiary/aromatic N) is 1. The van der Waals surface area contributed by atoms with Crippen molar-refractivity contribution >= 4 is 13.7 Å². The topological polar surface area (TPSA) is 105 Å². The molecule has 0 fully saturated rings. The van der Waals surface area contributed by atoms with E-state index in [0.717, 1.165) is 38.5 Å². The van der Waals surface area contributed by atoms with Crippen LogP contribution in [0.5, 0.6) is 0 Å². The molecule has 1 amide bonds. The Morgan fingerprint density at radius 2 is 0.740 bits per heavy atom. The van der Waals surface area contributed by atoms with Gasteiger partial charge >= 0.3 is 7.82 Å². The molecule has 436 valence electrons. The van der Waals surface area contributed by atoms with Gasteiger partial charge in [0, 0.05) is 6.42 Å². The average Bonchev–Trinajstić information content (AvgIpc) is 3.35. The van der Waals surface area contributed by atoms with E-state index in [1.165, 1.54) is 276 Å². The second kappa shape index (κ2) is 56.0. The van der Waals surface area contributed by atoms with E-state index in [4.69, 9.17) is 9.05 Å². The number of amides is 1. The lowest BCUT2D eigenvalue weighted by Gasteiger charge is -2.26. The van der Waals surface area contributed by atoms with Gasteiger partial charge in [-0.2, -0.15) is 0 Å². The first-order valence-electron chi connectivity index (χ1n) is 32.6. The summed E-state index contributed by atoms with van der Waals surface area (Å²) in [7, 11) is 1.63. The zero-order valence-electron chi connectivity index (χ0n) is 49.9. The van der Waals surface area contributed by atoms with Crippen LogP contribution in [0.25, 0.3) is 0 Å². The number of carbonyl (C=O) groups is 1. The van der Waals surface area contributed by atoms with E-state index in [1.54, 1.807) is 0 Å². The van der Waals surface area contributed by atoms with Gasteiger partial charge in [-0.3, -0.25) is 13.8 Å². The largest absolute Gasteiger partial charge is 0.472 e. The third kappa shape index (κ3) is 58.8. The number of phosphoric acid groups is 1. The minimum absolute atomic E-state index is 0.0774. The number of likely N-dealkylation sites (N-methyl/N-ethyl adjacent to an activating group) is 1. The molecule has 0 aliphatic carbocycles. The third-order valence-corrected chi connectivity index (χ3v) is 16.2. The molecule has 0 aromatic heterocycles. The summed E-state index contributed by atoms with van der Waals surface area (Å²) in [6, 6.07) is -0.759. The van der Waals surface area contributed by atoms with E-state index in [9.17, 15) is 19.4 Å². The van der Waals surface area contributed by atoms with E-state index in [0.29, 0.717) is 23.9 Å². The minimum Gasteiger partial charge on any atom is -0.391 e. The molecular formula is C64H130N2O6P+. The van der Waals surface area contributed by atoms with Crippen LogP contribution in [-0.2, 0) is 18.4 Å². The highest BCUT2D eigenvalue weighted by atomic mass is 31.2. The number of phosphoric ester groups is 1. The van der Waals surface area contributed by atoms with Crippen LogP contribution in [0.15, 0.2) is 12.2 Å². The quantitative estimate of drug-likeness (QED) is 0.0243. The van der Waals surface area contributed by atoms with Crippen LogP contribution in [0.4, 0.5) is 0 Å². The number of hydrogen-bond donors (Lipinski definition) is 3. The summed E-state index contributed by atoms with van der Waals surface area (Å²) in [5, 5.41) is 14.1. The molecule has 0 aromatic carbocycles. The number of aliphatic hydroxyl groups is 1. The Morgan fingerprint density at radius 3 is 1.05 bits per heavy atom. The Morgan fingerprint density at radius 1 is 0.452 bits per heavy atom. The fourth-order valence-electron chi connectivity index (χ4n) is 10.2. The maximum absolute atomic E-state index is 13.0. The first-order chi connectivity index (χ1) is 35.5. The van der Waals surface area contributed by atoms with Crippen molar-refractivity contribution in [2.45, 2.75) is 353 Å². The van der Waals surface area contributed by atoms with Crippen molar-refractivity contribution in [3.8, 4) is 0 Å². The molecule has 0 rings (SSSR count). The van der Waals surface area contributed by atoms with Gasteiger partial charge in [0.05, 0.1) is 39.9 Å². The molecule has 0 saturated heterocycles. The Bertz CT molecular complexity index is 1200. The molecule has 0 heterocycles. The van der Waals surface area contributed by atoms with Crippen LogP contribution in [-0.4, -0.2) is 73.4 Å². The molecule has 0 aromatic rings. The van der Waals surface area contributed by atoms with Crippen LogP contribution in [0.3, 0.4) is 0 Å². The van der Waals surface area contributed by atoms with E-state index < -0.39 is 20.0 Å². The van der Waals surface area contributed by atoms with Crippen LogP contribution >= 0.6 is 7.82 Å². The first kappa shape index (κ1) is 72.2. The molecule has 0 spiro atoms. The molecule has 73 heavy (non-hydrogen) atoms. The molecule has 8 nitrogen and oxygen atoms in total. The molecule has 3 atom stereocenters. The van der Waals surface area contributed by atoms with Crippen molar-refractivity contribution in [3.63, 3.8) is 0 Å². The van der Waals surface area contributed by atoms with Gasteiger partial charge in [-0.1, -0.05) is 309 Å². The van der Waals surface area contributed by atoms with Crippen LogP contribution in [0.2, 0.25) is 0 Å². The summed E-state index contributed by atoms with van der Waals surface area (Å²) < 4.78 is 23.9. The highest BCUT2D eigenvalue weighted by molar-refractivity contribution is 7.47. The van der Waals surface area contributed by atoms with Crippen molar-refractivity contribution in [1.29, 1.82) is 0 Å². The monoisotopic (exact) mass is 1050 g/mol. The zero-order valence-corrected chi connectivity index (χ0v) is 50.8. The fraction of sp³-hybridized carbons (Fsp3) is 0.953. The lowest BCUT2D eigenvalue weighted by atomic mass is 10.0. The SMILES string of the molecule is CCCCCCCCCC/C=C\CCCCCCCCCCCCCC(=O)NC(COP(=O)(O)OCC[N+](C)(C)C)C(O)CCCCCCCCCCCCCCCCCCCCCCCCCCCCCC.